The number of benzene rings is 1. The van der Waals surface area contributed by atoms with Crippen molar-refractivity contribution >= 4 is 0 Å². The lowest BCUT2D eigenvalue weighted by molar-refractivity contribution is 0.0929. The molecular weight excluding hydrogens is 322 g/mol. The van der Waals surface area contributed by atoms with Crippen LogP contribution in [0.5, 0.6) is 23.0 Å². The minimum Gasteiger partial charge on any atom is -0.507 e. The number of nitrogens with one attached hydrogen (secondary N) is 1. The molecule has 0 aromatic heterocycles. The molecule has 2 unspecified atom stereocenters. The molecular formula is C19H29NO5. The van der Waals surface area contributed by atoms with Crippen LogP contribution in [0.1, 0.15) is 45.2 Å². The van der Waals surface area contributed by atoms with Gasteiger partial charge in [-0.3, -0.25) is 0 Å². The van der Waals surface area contributed by atoms with E-state index in [9.17, 15) is 10.2 Å². The van der Waals surface area contributed by atoms with Gasteiger partial charge in [-0.15, -0.1) is 0 Å². The van der Waals surface area contributed by atoms with Crippen LogP contribution in [0.2, 0.25) is 0 Å². The quantitative estimate of drug-likeness (QED) is 0.754. The molecule has 0 fully saturated rings. The van der Waals surface area contributed by atoms with Gasteiger partial charge in [-0.25, -0.2) is 0 Å². The Bertz CT molecular complexity index is 638. The van der Waals surface area contributed by atoms with Crippen LogP contribution in [0.25, 0.3) is 0 Å². The summed E-state index contributed by atoms with van der Waals surface area (Å²) >= 11 is 0. The average molecular weight is 351 g/mol. The Balaban J connectivity index is 1.80. The number of hydrogen-bond acceptors (Lipinski definition) is 6. The summed E-state index contributed by atoms with van der Waals surface area (Å²) in [7, 11) is 0. The molecule has 140 valence electrons. The standard InChI is InChI=1S/C19H29NO5/c1-11-5-6-13-15(22)14-7-8-23-16(14)18(17(13)25-11)24-10-12(21)9-20-19(2,3)4/h11-12,20-22H,5-10H2,1-4H3. The Morgan fingerprint density at radius 1 is 1.24 bits per heavy atom. The Kier molecular flexibility index (Phi) is 5.02. The van der Waals surface area contributed by atoms with Crippen molar-refractivity contribution in [3.05, 3.63) is 11.1 Å². The summed E-state index contributed by atoms with van der Waals surface area (Å²) in [5.74, 6) is 1.91. The first kappa shape index (κ1) is 18.1. The van der Waals surface area contributed by atoms with E-state index in [2.05, 4.69) is 5.32 Å². The zero-order valence-corrected chi connectivity index (χ0v) is 15.5. The molecule has 2 aliphatic rings. The summed E-state index contributed by atoms with van der Waals surface area (Å²) in [5.41, 5.74) is 1.51. The normalized spacial score (nSPS) is 20.3. The van der Waals surface area contributed by atoms with Gasteiger partial charge >= 0.3 is 0 Å². The molecule has 1 aromatic carbocycles. The SMILES string of the molecule is CC1CCc2c(O)c3c(c(OCC(O)CNC(C)(C)C)c2O1)OCC3. The number of aromatic hydroxyl groups is 1. The molecule has 2 aliphatic heterocycles. The van der Waals surface area contributed by atoms with Crippen LogP contribution in [-0.2, 0) is 12.8 Å². The number of phenolic OH excluding ortho intramolecular Hbond substituents is 1. The monoisotopic (exact) mass is 351 g/mol. The highest BCUT2D eigenvalue weighted by molar-refractivity contribution is 5.68. The number of ether oxygens (including phenoxy) is 3. The van der Waals surface area contributed by atoms with Crippen LogP contribution < -0.4 is 19.5 Å². The van der Waals surface area contributed by atoms with E-state index < -0.39 is 6.10 Å². The summed E-state index contributed by atoms with van der Waals surface area (Å²) in [4.78, 5) is 0. The minimum atomic E-state index is -0.651. The highest BCUT2D eigenvalue weighted by atomic mass is 16.6. The number of hydrogen-bond donors (Lipinski definition) is 3. The van der Waals surface area contributed by atoms with Crippen molar-refractivity contribution in [2.24, 2.45) is 0 Å². The smallest absolute Gasteiger partial charge is 0.204 e. The number of rotatable bonds is 5. The topological polar surface area (TPSA) is 80.2 Å². The summed E-state index contributed by atoms with van der Waals surface area (Å²) in [6.07, 6.45) is 1.68. The van der Waals surface area contributed by atoms with Crippen molar-refractivity contribution in [1.29, 1.82) is 0 Å². The summed E-state index contributed by atoms with van der Waals surface area (Å²) in [6, 6.07) is 0. The van der Waals surface area contributed by atoms with E-state index >= 15 is 0 Å². The van der Waals surface area contributed by atoms with Gasteiger partial charge < -0.3 is 29.7 Å². The van der Waals surface area contributed by atoms with Crippen LogP contribution >= 0.6 is 0 Å². The Labute approximate surface area is 149 Å². The molecule has 0 amide bonds. The lowest BCUT2D eigenvalue weighted by Crippen LogP contribution is -2.42. The van der Waals surface area contributed by atoms with Crippen LogP contribution in [0.4, 0.5) is 0 Å². The molecule has 2 atom stereocenters. The first-order chi connectivity index (χ1) is 11.8. The van der Waals surface area contributed by atoms with Gasteiger partial charge in [0.15, 0.2) is 11.5 Å². The van der Waals surface area contributed by atoms with Crippen LogP contribution in [-0.4, -0.2) is 47.7 Å². The van der Waals surface area contributed by atoms with Gasteiger partial charge in [0.05, 0.1) is 12.7 Å². The number of phenols is 1. The van der Waals surface area contributed by atoms with Crippen molar-refractivity contribution in [2.45, 2.75) is 64.7 Å². The maximum Gasteiger partial charge on any atom is 0.204 e. The van der Waals surface area contributed by atoms with Gasteiger partial charge in [-0.2, -0.15) is 0 Å². The van der Waals surface area contributed by atoms with E-state index in [1.165, 1.54) is 0 Å². The number of β-amino-alcohol motifs (C(OH)–C–C–N with tert-alkyl or cyclic N) is 1. The van der Waals surface area contributed by atoms with Crippen molar-refractivity contribution in [3.8, 4) is 23.0 Å². The van der Waals surface area contributed by atoms with Crippen LogP contribution in [0, 0.1) is 0 Å². The fourth-order valence-corrected chi connectivity index (χ4v) is 3.17. The molecule has 3 N–H and O–H groups in total. The van der Waals surface area contributed by atoms with Crippen molar-refractivity contribution in [2.75, 3.05) is 19.8 Å². The van der Waals surface area contributed by atoms with Gasteiger partial charge in [-0.1, -0.05) is 0 Å². The number of aliphatic hydroxyl groups excluding tert-OH is 1. The fraction of sp³-hybridized carbons (Fsp3) is 0.684. The molecule has 1 aromatic rings. The molecule has 0 saturated heterocycles. The summed E-state index contributed by atoms with van der Waals surface area (Å²) < 4.78 is 17.6. The van der Waals surface area contributed by atoms with Gasteiger partial charge in [0.2, 0.25) is 5.75 Å². The third-order valence-electron chi connectivity index (χ3n) is 4.54. The minimum absolute atomic E-state index is 0.0567. The van der Waals surface area contributed by atoms with Crippen LogP contribution in [0.15, 0.2) is 0 Å². The fourth-order valence-electron chi connectivity index (χ4n) is 3.17. The van der Waals surface area contributed by atoms with E-state index in [4.69, 9.17) is 14.2 Å². The Morgan fingerprint density at radius 2 is 1.96 bits per heavy atom. The first-order valence-electron chi connectivity index (χ1n) is 9.02. The van der Waals surface area contributed by atoms with E-state index in [-0.39, 0.29) is 24.0 Å². The molecule has 25 heavy (non-hydrogen) atoms. The molecule has 0 saturated carbocycles. The second-order valence-electron chi connectivity index (χ2n) is 7.95. The molecule has 0 spiro atoms. The van der Waals surface area contributed by atoms with E-state index in [0.29, 0.717) is 36.8 Å². The highest BCUT2D eigenvalue weighted by Gasteiger charge is 2.33. The Morgan fingerprint density at radius 3 is 2.68 bits per heavy atom. The first-order valence-corrected chi connectivity index (χ1v) is 9.02. The molecule has 6 heteroatoms. The van der Waals surface area contributed by atoms with Crippen molar-refractivity contribution in [3.63, 3.8) is 0 Å². The largest absolute Gasteiger partial charge is 0.507 e. The molecule has 6 nitrogen and oxygen atoms in total. The number of aliphatic hydroxyl groups is 1. The van der Waals surface area contributed by atoms with E-state index in [1.54, 1.807) is 0 Å². The zero-order chi connectivity index (χ0) is 18.2. The molecule has 2 heterocycles. The van der Waals surface area contributed by atoms with Crippen molar-refractivity contribution in [1.82, 2.24) is 5.32 Å². The van der Waals surface area contributed by atoms with Gasteiger partial charge in [0, 0.05) is 29.6 Å². The van der Waals surface area contributed by atoms with E-state index in [0.717, 1.165) is 24.0 Å². The molecule has 3 rings (SSSR count). The molecule has 0 radical (unpaired) electrons. The van der Waals surface area contributed by atoms with Gasteiger partial charge in [-0.05, 0) is 40.5 Å². The molecule has 0 aliphatic carbocycles. The van der Waals surface area contributed by atoms with Gasteiger partial charge in [0.1, 0.15) is 18.5 Å². The average Bonchev–Trinajstić information content (AvgIpc) is 3.01. The predicted octanol–water partition coefficient (Wildman–Crippen LogP) is 2.17. The predicted molar refractivity (Wildman–Crippen MR) is 95.0 cm³/mol. The van der Waals surface area contributed by atoms with E-state index in [1.807, 2.05) is 27.7 Å². The maximum absolute atomic E-state index is 10.5. The third-order valence-corrected chi connectivity index (χ3v) is 4.54. The Hall–Kier alpha value is -1.66. The lowest BCUT2D eigenvalue weighted by Gasteiger charge is -2.28. The van der Waals surface area contributed by atoms with Crippen LogP contribution in [0.3, 0.4) is 0 Å². The second kappa shape index (κ2) is 6.92. The third kappa shape index (κ3) is 3.96. The molecule has 0 bridgehead atoms. The number of fused-ring (bicyclic) bond motifs is 2. The maximum atomic E-state index is 10.5. The zero-order valence-electron chi connectivity index (χ0n) is 15.5. The lowest BCUT2D eigenvalue weighted by atomic mass is 9.97. The summed E-state index contributed by atoms with van der Waals surface area (Å²) in [6.45, 7) is 9.23. The highest BCUT2D eigenvalue weighted by Crippen LogP contribution is 2.53. The summed E-state index contributed by atoms with van der Waals surface area (Å²) in [5, 5.41) is 24.0. The van der Waals surface area contributed by atoms with Crippen molar-refractivity contribution < 1.29 is 24.4 Å². The van der Waals surface area contributed by atoms with Gasteiger partial charge in [0.25, 0.3) is 0 Å². The second-order valence-corrected chi connectivity index (χ2v) is 7.95.